The zero-order valence-corrected chi connectivity index (χ0v) is 18.3. The second-order valence-corrected chi connectivity index (χ2v) is 8.41. The topological polar surface area (TPSA) is 29.5 Å². The molecule has 1 aliphatic rings. The van der Waals surface area contributed by atoms with E-state index < -0.39 is 0 Å². The number of carbonyl (C=O) groups is 1. The van der Waals surface area contributed by atoms with Gasteiger partial charge >= 0.3 is 5.97 Å². The van der Waals surface area contributed by atoms with Crippen molar-refractivity contribution in [3.8, 4) is 0 Å². The predicted octanol–water partition coefficient (Wildman–Crippen LogP) is 5.99. The number of nitrogens with zero attached hydrogens (tertiary/aromatic N) is 1. The lowest BCUT2D eigenvalue weighted by Crippen LogP contribution is -2.24. The lowest BCUT2D eigenvalue weighted by molar-refractivity contribution is -0.149. The highest BCUT2D eigenvalue weighted by molar-refractivity contribution is 6.30. The van der Waals surface area contributed by atoms with Crippen LogP contribution in [0.25, 0.3) is 0 Å². The molecular weight excluding hydrogens is 382 g/mol. The van der Waals surface area contributed by atoms with Crippen LogP contribution in [-0.4, -0.2) is 30.1 Å². The molecule has 3 nitrogen and oxygen atoms in total. The Bertz CT molecular complexity index is 760. The Morgan fingerprint density at radius 2 is 1.52 bits per heavy atom. The number of halogens is 1. The van der Waals surface area contributed by atoms with Gasteiger partial charge in [0, 0.05) is 11.6 Å². The van der Waals surface area contributed by atoms with Gasteiger partial charge < -0.3 is 4.74 Å². The van der Waals surface area contributed by atoms with Crippen molar-refractivity contribution >= 4 is 17.6 Å². The Labute approximate surface area is 180 Å². The van der Waals surface area contributed by atoms with Crippen LogP contribution in [0.2, 0.25) is 5.02 Å². The van der Waals surface area contributed by atoms with Gasteiger partial charge in [0.25, 0.3) is 0 Å². The first kappa shape index (κ1) is 21.9. The monoisotopic (exact) mass is 413 g/mol. The first-order valence-electron chi connectivity index (χ1n) is 10.8. The van der Waals surface area contributed by atoms with Gasteiger partial charge in [0.15, 0.2) is 0 Å². The van der Waals surface area contributed by atoms with Crippen molar-refractivity contribution in [2.24, 2.45) is 0 Å². The van der Waals surface area contributed by atoms with Crippen molar-refractivity contribution in [3.05, 3.63) is 70.2 Å². The van der Waals surface area contributed by atoms with Gasteiger partial charge in [-0.15, -0.1) is 0 Å². The highest BCUT2D eigenvalue weighted by atomic mass is 35.5. The first-order valence-corrected chi connectivity index (χ1v) is 11.2. The van der Waals surface area contributed by atoms with Crippen molar-refractivity contribution in [1.82, 2.24) is 4.90 Å². The van der Waals surface area contributed by atoms with Gasteiger partial charge in [-0.05, 0) is 73.5 Å². The molecule has 0 amide bonds. The number of ether oxygens (including phenoxy) is 1. The molecule has 0 heterocycles. The molecule has 1 saturated carbocycles. The summed E-state index contributed by atoms with van der Waals surface area (Å²) < 4.78 is 5.72. The van der Waals surface area contributed by atoms with Gasteiger partial charge in [-0.3, -0.25) is 9.69 Å². The number of carbonyl (C=O) groups excluding carboxylic acids is 1. The second-order valence-electron chi connectivity index (χ2n) is 7.97. The molecule has 0 bridgehead atoms. The molecule has 1 aliphatic carbocycles. The molecule has 2 aromatic carbocycles. The Balaban J connectivity index is 1.45. The summed E-state index contributed by atoms with van der Waals surface area (Å²) in [5, 5.41) is 0.682. The highest BCUT2D eigenvalue weighted by Crippen LogP contribution is 2.34. The minimum absolute atomic E-state index is 0.0491. The van der Waals surface area contributed by atoms with E-state index in [0.29, 0.717) is 17.4 Å². The van der Waals surface area contributed by atoms with E-state index in [1.807, 2.05) is 24.3 Å². The molecule has 3 rings (SSSR count). The normalized spacial score (nSPS) is 19.3. The van der Waals surface area contributed by atoms with E-state index in [2.05, 4.69) is 43.0 Å². The van der Waals surface area contributed by atoms with Crippen LogP contribution in [0.15, 0.2) is 48.5 Å². The largest absolute Gasteiger partial charge is 0.462 e. The molecule has 0 radical (unpaired) electrons. The molecule has 0 atom stereocenters. The minimum atomic E-state index is -0.142. The van der Waals surface area contributed by atoms with E-state index in [9.17, 15) is 4.79 Å². The third kappa shape index (κ3) is 6.58. The molecule has 0 saturated heterocycles. The Morgan fingerprint density at radius 3 is 2.10 bits per heavy atom. The van der Waals surface area contributed by atoms with E-state index in [-0.39, 0.29) is 12.1 Å². The fraction of sp³-hybridized carbons (Fsp3) is 0.480. The van der Waals surface area contributed by atoms with Crippen molar-refractivity contribution in [2.45, 2.75) is 64.5 Å². The SMILES string of the molecule is CCN(CC)Cc1ccc(C2CCC(OC(=O)Cc3ccc(Cl)cc3)CC2)cc1. The van der Waals surface area contributed by atoms with Crippen LogP contribution in [0.1, 0.15) is 62.1 Å². The summed E-state index contributed by atoms with van der Waals surface area (Å²) in [7, 11) is 0. The van der Waals surface area contributed by atoms with Gasteiger partial charge in [0.1, 0.15) is 6.10 Å². The molecule has 156 valence electrons. The smallest absolute Gasteiger partial charge is 0.310 e. The Morgan fingerprint density at radius 1 is 0.931 bits per heavy atom. The molecule has 0 N–H and O–H groups in total. The van der Waals surface area contributed by atoms with Gasteiger partial charge in [-0.25, -0.2) is 0 Å². The van der Waals surface area contributed by atoms with Crippen LogP contribution in [0.5, 0.6) is 0 Å². The summed E-state index contributed by atoms with van der Waals surface area (Å²) in [6.45, 7) is 7.60. The standard InChI is InChI=1S/C25H32ClNO2/c1-3-27(4-2)18-20-5-9-21(10-6-20)22-11-15-24(16-12-22)29-25(28)17-19-7-13-23(26)14-8-19/h5-10,13-14,22,24H,3-4,11-12,15-18H2,1-2H3. The van der Waals surface area contributed by atoms with E-state index in [4.69, 9.17) is 16.3 Å². The average molecular weight is 414 g/mol. The Hall–Kier alpha value is -1.84. The lowest BCUT2D eigenvalue weighted by atomic mass is 9.82. The summed E-state index contributed by atoms with van der Waals surface area (Å²) in [5.74, 6) is 0.431. The highest BCUT2D eigenvalue weighted by Gasteiger charge is 2.25. The van der Waals surface area contributed by atoms with Crippen molar-refractivity contribution < 1.29 is 9.53 Å². The van der Waals surface area contributed by atoms with Gasteiger partial charge in [-0.1, -0.05) is 61.8 Å². The molecule has 0 spiro atoms. The number of esters is 1. The summed E-state index contributed by atoms with van der Waals surface area (Å²) in [6, 6.07) is 16.5. The van der Waals surface area contributed by atoms with Crippen LogP contribution < -0.4 is 0 Å². The fourth-order valence-corrected chi connectivity index (χ4v) is 4.24. The third-order valence-corrected chi connectivity index (χ3v) is 6.24. The zero-order chi connectivity index (χ0) is 20.6. The van der Waals surface area contributed by atoms with E-state index in [0.717, 1.165) is 50.9 Å². The lowest BCUT2D eigenvalue weighted by Gasteiger charge is -2.29. The summed E-state index contributed by atoms with van der Waals surface area (Å²) in [4.78, 5) is 14.7. The Kier molecular flexibility index (Phi) is 8.14. The number of hydrogen-bond donors (Lipinski definition) is 0. The number of benzene rings is 2. The van der Waals surface area contributed by atoms with Crippen LogP contribution in [0.3, 0.4) is 0 Å². The van der Waals surface area contributed by atoms with Crippen LogP contribution in [0.4, 0.5) is 0 Å². The predicted molar refractivity (Wildman–Crippen MR) is 119 cm³/mol. The molecule has 0 aliphatic heterocycles. The summed E-state index contributed by atoms with van der Waals surface area (Å²) in [6.07, 6.45) is 4.40. The van der Waals surface area contributed by atoms with Crippen molar-refractivity contribution in [3.63, 3.8) is 0 Å². The minimum Gasteiger partial charge on any atom is -0.462 e. The van der Waals surface area contributed by atoms with Crippen LogP contribution >= 0.6 is 11.6 Å². The fourth-order valence-electron chi connectivity index (χ4n) is 4.11. The quantitative estimate of drug-likeness (QED) is 0.497. The molecule has 0 unspecified atom stereocenters. The molecule has 1 fully saturated rings. The third-order valence-electron chi connectivity index (χ3n) is 5.99. The van der Waals surface area contributed by atoms with Gasteiger partial charge in [-0.2, -0.15) is 0 Å². The van der Waals surface area contributed by atoms with E-state index >= 15 is 0 Å². The van der Waals surface area contributed by atoms with Crippen molar-refractivity contribution in [1.29, 1.82) is 0 Å². The first-order chi connectivity index (χ1) is 14.1. The number of rotatable bonds is 8. The molecule has 0 aromatic heterocycles. The molecule has 2 aromatic rings. The maximum atomic E-state index is 12.2. The van der Waals surface area contributed by atoms with E-state index in [1.54, 1.807) is 0 Å². The zero-order valence-electron chi connectivity index (χ0n) is 17.6. The summed E-state index contributed by atoms with van der Waals surface area (Å²) in [5.41, 5.74) is 3.74. The van der Waals surface area contributed by atoms with Crippen molar-refractivity contribution in [2.75, 3.05) is 13.1 Å². The maximum absolute atomic E-state index is 12.2. The van der Waals surface area contributed by atoms with Gasteiger partial charge in [0.05, 0.1) is 6.42 Å². The molecular formula is C25H32ClNO2. The molecule has 4 heteroatoms. The number of hydrogen-bond acceptors (Lipinski definition) is 3. The second kappa shape index (κ2) is 10.8. The van der Waals surface area contributed by atoms with E-state index in [1.165, 1.54) is 11.1 Å². The average Bonchev–Trinajstić information content (AvgIpc) is 2.74. The maximum Gasteiger partial charge on any atom is 0.310 e. The van der Waals surface area contributed by atoms with Gasteiger partial charge in [0.2, 0.25) is 0 Å². The molecule has 29 heavy (non-hydrogen) atoms. The van der Waals surface area contributed by atoms with Crippen LogP contribution in [0, 0.1) is 0 Å². The summed E-state index contributed by atoms with van der Waals surface area (Å²) >= 11 is 5.89. The van der Waals surface area contributed by atoms with Crippen LogP contribution in [-0.2, 0) is 22.5 Å².